The predicted molar refractivity (Wildman–Crippen MR) is 84.0 cm³/mol. The summed E-state index contributed by atoms with van der Waals surface area (Å²) in [5.74, 6) is 0.673. The average molecular weight is 287 g/mol. The molecule has 0 unspecified atom stereocenters. The van der Waals surface area contributed by atoms with Crippen LogP contribution in [-0.4, -0.2) is 10.2 Å². The Hall–Kier alpha value is -1.42. The monoisotopic (exact) mass is 287 g/mol. The molecule has 3 nitrogen and oxygen atoms in total. The summed E-state index contributed by atoms with van der Waals surface area (Å²) in [5, 5.41) is 11.2. The molecule has 0 radical (unpaired) electrons. The van der Waals surface area contributed by atoms with Gasteiger partial charge in [0.1, 0.15) is 10.0 Å². The van der Waals surface area contributed by atoms with Crippen molar-refractivity contribution in [3.8, 4) is 0 Å². The Morgan fingerprint density at radius 1 is 1.00 bits per heavy atom. The molecule has 2 aromatic rings. The molecule has 1 heterocycles. The molecule has 0 aliphatic heterocycles. The van der Waals surface area contributed by atoms with Gasteiger partial charge >= 0.3 is 0 Å². The Morgan fingerprint density at radius 3 is 2.50 bits per heavy atom. The van der Waals surface area contributed by atoms with Crippen molar-refractivity contribution in [2.75, 3.05) is 5.73 Å². The van der Waals surface area contributed by atoms with Crippen LogP contribution in [0.15, 0.2) is 24.3 Å². The number of aryl methyl sites for hydroxylation is 2. The second kappa shape index (κ2) is 6.35. The maximum Gasteiger partial charge on any atom is 0.120 e. The van der Waals surface area contributed by atoms with E-state index in [2.05, 4.69) is 22.3 Å². The second-order valence-electron chi connectivity index (χ2n) is 5.61. The highest BCUT2D eigenvalue weighted by Crippen LogP contribution is 2.34. The van der Waals surface area contributed by atoms with Crippen molar-refractivity contribution in [2.24, 2.45) is 0 Å². The number of rotatable bonds is 4. The molecular formula is C16H21N3S. The van der Waals surface area contributed by atoms with Crippen LogP contribution >= 0.6 is 11.3 Å². The summed E-state index contributed by atoms with van der Waals surface area (Å²) in [6, 6.07) is 8.11. The average Bonchev–Trinajstić information content (AvgIpc) is 2.97. The van der Waals surface area contributed by atoms with Crippen LogP contribution in [0.3, 0.4) is 0 Å². The van der Waals surface area contributed by atoms with E-state index in [1.165, 1.54) is 47.7 Å². The van der Waals surface area contributed by atoms with Gasteiger partial charge in [0.15, 0.2) is 0 Å². The molecule has 1 aliphatic rings. The smallest absolute Gasteiger partial charge is 0.120 e. The first-order chi connectivity index (χ1) is 9.81. The first-order valence-corrected chi connectivity index (χ1v) is 8.29. The number of aromatic nitrogens is 2. The van der Waals surface area contributed by atoms with E-state index in [1.54, 1.807) is 0 Å². The largest absolute Gasteiger partial charge is 0.399 e. The van der Waals surface area contributed by atoms with E-state index in [4.69, 9.17) is 5.73 Å². The van der Waals surface area contributed by atoms with Crippen LogP contribution < -0.4 is 5.73 Å². The lowest BCUT2D eigenvalue weighted by atomic mass is 9.90. The zero-order valence-electron chi connectivity index (χ0n) is 11.7. The molecule has 0 spiro atoms. The molecule has 0 bridgehead atoms. The molecule has 2 N–H and O–H groups in total. The maximum atomic E-state index is 5.70. The minimum Gasteiger partial charge on any atom is -0.399 e. The van der Waals surface area contributed by atoms with Crippen molar-refractivity contribution >= 4 is 17.0 Å². The molecule has 20 heavy (non-hydrogen) atoms. The SMILES string of the molecule is Nc1ccc(CCc2nnc(C3CCCCC3)s2)cc1. The van der Waals surface area contributed by atoms with Crippen LogP contribution in [0.25, 0.3) is 0 Å². The molecule has 1 aliphatic carbocycles. The van der Waals surface area contributed by atoms with E-state index >= 15 is 0 Å². The standard InChI is InChI=1S/C16H21N3S/c17-14-9-6-12(7-10-14)8-11-15-18-19-16(20-15)13-4-2-1-3-5-13/h6-7,9-10,13H,1-5,8,11,17H2. The first kappa shape index (κ1) is 13.6. The van der Waals surface area contributed by atoms with Gasteiger partial charge in [-0.1, -0.05) is 31.4 Å². The Labute approximate surface area is 124 Å². The van der Waals surface area contributed by atoms with E-state index in [0.29, 0.717) is 5.92 Å². The van der Waals surface area contributed by atoms with Crippen LogP contribution in [0.1, 0.15) is 53.6 Å². The zero-order valence-corrected chi connectivity index (χ0v) is 12.5. The van der Waals surface area contributed by atoms with Gasteiger partial charge in [-0.15, -0.1) is 21.5 Å². The van der Waals surface area contributed by atoms with Crippen LogP contribution in [0, 0.1) is 0 Å². The molecule has 1 aromatic heterocycles. The molecule has 0 saturated heterocycles. The zero-order chi connectivity index (χ0) is 13.8. The Bertz CT molecular complexity index is 541. The van der Waals surface area contributed by atoms with Crippen molar-refractivity contribution < 1.29 is 0 Å². The fourth-order valence-electron chi connectivity index (χ4n) is 2.82. The summed E-state index contributed by atoms with van der Waals surface area (Å²) in [5.41, 5.74) is 7.84. The molecule has 3 rings (SSSR count). The number of anilines is 1. The lowest BCUT2D eigenvalue weighted by molar-refractivity contribution is 0.440. The van der Waals surface area contributed by atoms with Crippen molar-refractivity contribution in [3.63, 3.8) is 0 Å². The summed E-state index contributed by atoms with van der Waals surface area (Å²) in [6.45, 7) is 0. The Morgan fingerprint density at radius 2 is 1.75 bits per heavy atom. The highest BCUT2D eigenvalue weighted by Gasteiger charge is 2.19. The quantitative estimate of drug-likeness (QED) is 0.866. The molecule has 0 amide bonds. The molecule has 1 saturated carbocycles. The molecule has 1 fully saturated rings. The first-order valence-electron chi connectivity index (χ1n) is 7.48. The molecular weight excluding hydrogens is 266 g/mol. The summed E-state index contributed by atoms with van der Waals surface area (Å²) in [6.07, 6.45) is 8.68. The topological polar surface area (TPSA) is 51.8 Å². The lowest BCUT2D eigenvalue weighted by Gasteiger charge is -2.18. The Kier molecular flexibility index (Phi) is 4.31. The van der Waals surface area contributed by atoms with Crippen LogP contribution in [-0.2, 0) is 12.8 Å². The van der Waals surface area contributed by atoms with Gasteiger partial charge in [0.05, 0.1) is 0 Å². The van der Waals surface area contributed by atoms with Crippen LogP contribution in [0.2, 0.25) is 0 Å². The third kappa shape index (κ3) is 3.37. The maximum absolute atomic E-state index is 5.70. The van der Waals surface area contributed by atoms with Gasteiger partial charge in [-0.25, -0.2) is 0 Å². The van der Waals surface area contributed by atoms with Crippen LogP contribution in [0.5, 0.6) is 0 Å². The van der Waals surface area contributed by atoms with E-state index in [-0.39, 0.29) is 0 Å². The van der Waals surface area contributed by atoms with Gasteiger partial charge < -0.3 is 5.73 Å². The Balaban J connectivity index is 1.58. The highest BCUT2D eigenvalue weighted by molar-refractivity contribution is 7.11. The van der Waals surface area contributed by atoms with E-state index in [1.807, 2.05) is 23.5 Å². The van der Waals surface area contributed by atoms with Gasteiger partial charge in [-0.2, -0.15) is 0 Å². The molecule has 4 heteroatoms. The van der Waals surface area contributed by atoms with Crippen molar-refractivity contribution in [1.29, 1.82) is 0 Å². The molecule has 1 aromatic carbocycles. The van der Waals surface area contributed by atoms with Crippen molar-refractivity contribution in [3.05, 3.63) is 39.8 Å². The van der Waals surface area contributed by atoms with E-state index in [9.17, 15) is 0 Å². The van der Waals surface area contributed by atoms with E-state index < -0.39 is 0 Å². The third-order valence-electron chi connectivity index (χ3n) is 4.04. The van der Waals surface area contributed by atoms with Gasteiger partial charge in [0, 0.05) is 18.0 Å². The summed E-state index contributed by atoms with van der Waals surface area (Å²) in [7, 11) is 0. The summed E-state index contributed by atoms with van der Waals surface area (Å²) >= 11 is 1.81. The third-order valence-corrected chi connectivity index (χ3v) is 5.19. The van der Waals surface area contributed by atoms with Gasteiger partial charge in [-0.05, 0) is 37.0 Å². The minimum atomic E-state index is 0.673. The highest BCUT2D eigenvalue weighted by atomic mass is 32.1. The van der Waals surface area contributed by atoms with Crippen molar-refractivity contribution in [1.82, 2.24) is 10.2 Å². The molecule has 0 atom stereocenters. The number of hydrogen-bond donors (Lipinski definition) is 1. The van der Waals surface area contributed by atoms with E-state index in [0.717, 1.165) is 18.5 Å². The van der Waals surface area contributed by atoms with Gasteiger partial charge in [-0.3, -0.25) is 0 Å². The number of nitrogens with zero attached hydrogens (tertiary/aromatic N) is 2. The fraction of sp³-hybridized carbons (Fsp3) is 0.500. The number of nitrogen functional groups attached to an aromatic ring is 1. The van der Waals surface area contributed by atoms with Crippen molar-refractivity contribution in [2.45, 2.75) is 50.9 Å². The lowest BCUT2D eigenvalue weighted by Crippen LogP contribution is -2.03. The number of nitrogens with two attached hydrogens (primary N) is 1. The summed E-state index contributed by atoms with van der Waals surface area (Å²) in [4.78, 5) is 0. The normalized spacial score (nSPS) is 16.4. The minimum absolute atomic E-state index is 0.673. The van der Waals surface area contributed by atoms with Gasteiger partial charge in [0.25, 0.3) is 0 Å². The summed E-state index contributed by atoms with van der Waals surface area (Å²) < 4.78 is 0. The molecule has 106 valence electrons. The second-order valence-corrected chi connectivity index (χ2v) is 6.70. The van der Waals surface area contributed by atoms with Crippen LogP contribution in [0.4, 0.5) is 5.69 Å². The number of benzene rings is 1. The fourth-order valence-corrected chi connectivity index (χ4v) is 3.83. The number of hydrogen-bond acceptors (Lipinski definition) is 4. The van der Waals surface area contributed by atoms with Gasteiger partial charge in [0.2, 0.25) is 0 Å². The predicted octanol–water partition coefficient (Wildman–Crippen LogP) is 3.95.